The molecule has 1 aliphatic rings. The van der Waals surface area contributed by atoms with E-state index in [9.17, 15) is 0 Å². The quantitative estimate of drug-likeness (QED) is 0.145. The fraction of sp³-hybridized carbons (Fsp3) is 0.0462. The van der Waals surface area contributed by atoms with Gasteiger partial charge in [-0.1, -0.05) is 190 Å². The summed E-state index contributed by atoms with van der Waals surface area (Å²) in [7, 11) is 0. The van der Waals surface area contributed by atoms with Crippen LogP contribution in [0.1, 0.15) is 25.0 Å². The van der Waals surface area contributed by atoms with Crippen molar-refractivity contribution in [3.05, 3.63) is 254 Å². The first-order valence-electron chi connectivity index (χ1n) is 23.3. The largest absolute Gasteiger partial charge is 0.310 e. The van der Waals surface area contributed by atoms with Gasteiger partial charge in [0, 0.05) is 38.8 Å². The number of fused-ring (bicyclic) bond motifs is 9. The van der Waals surface area contributed by atoms with E-state index in [1.807, 2.05) is 0 Å². The molecule has 0 saturated heterocycles. The van der Waals surface area contributed by atoms with Crippen LogP contribution < -0.4 is 4.90 Å². The van der Waals surface area contributed by atoms with Crippen molar-refractivity contribution in [2.75, 3.05) is 4.90 Å². The maximum atomic E-state index is 2.46. The Balaban J connectivity index is 0.923. The van der Waals surface area contributed by atoms with Gasteiger partial charge in [-0.15, -0.1) is 0 Å². The van der Waals surface area contributed by atoms with Crippen molar-refractivity contribution < 1.29 is 0 Å². The SMILES string of the molecule is CC1(C)c2ccccc2-c2ccc(N(c3ccc(-c4ccccc4)cc3)c3ccc(-c4ccccc4-n4c5ccccc5c5cc(-c6cc7ccccc7c7ccccc67)ccc54)cc3)cc21. The molecule has 0 amide bonds. The minimum atomic E-state index is -0.114. The zero-order valence-corrected chi connectivity index (χ0v) is 37.5. The molecule has 11 aromatic carbocycles. The van der Waals surface area contributed by atoms with Crippen molar-refractivity contribution in [3.63, 3.8) is 0 Å². The Kier molecular flexibility index (Phi) is 8.91. The molecule has 2 heteroatoms. The molecule has 2 nitrogen and oxygen atoms in total. The Morgan fingerprint density at radius 2 is 0.866 bits per heavy atom. The number of aromatic nitrogens is 1. The van der Waals surface area contributed by atoms with E-state index in [0.717, 1.165) is 28.3 Å². The van der Waals surface area contributed by atoms with E-state index in [2.05, 4.69) is 266 Å². The smallest absolute Gasteiger partial charge is 0.0541 e. The third kappa shape index (κ3) is 6.25. The van der Waals surface area contributed by atoms with Gasteiger partial charge in [-0.05, 0) is 138 Å². The monoisotopic (exact) mass is 854 g/mol. The summed E-state index contributed by atoms with van der Waals surface area (Å²) in [6.07, 6.45) is 0. The molecule has 0 aliphatic heterocycles. The molecule has 1 aromatic heterocycles. The predicted octanol–water partition coefficient (Wildman–Crippen LogP) is 17.9. The van der Waals surface area contributed by atoms with Crippen LogP contribution in [-0.2, 0) is 5.41 Å². The second-order valence-corrected chi connectivity index (χ2v) is 18.5. The van der Waals surface area contributed by atoms with Gasteiger partial charge < -0.3 is 9.47 Å². The van der Waals surface area contributed by atoms with Gasteiger partial charge >= 0.3 is 0 Å². The molecule has 12 aromatic rings. The first-order valence-corrected chi connectivity index (χ1v) is 23.3. The highest BCUT2D eigenvalue weighted by atomic mass is 15.1. The van der Waals surface area contributed by atoms with E-state index in [1.165, 1.54) is 93.4 Å². The lowest BCUT2D eigenvalue weighted by Gasteiger charge is -2.28. The summed E-state index contributed by atoms with van der Waals surface area (Å²) in [5.74, 6) is 0. The third-order valence-electron chi connectivity index (χ3n) is 14.4. The molecule has 0 spiro atoms. The number of para-hydroxylation sites is 2. The van der Waals surface area contributed by atoms with Crippen LogP contribution in [0, 0.1) is 0 Å². The summed E-state index contributed by atoms with van der Waals surface area (Å²) in [6.45, 7) is 4.71. The van der Waals surface area contributed by atoms with Crippen LogP contribution in [0.3, 0.4) is 0 Å². The molecule has 1 heterocycles. The normalized spacial score (nSPS) is 12.7. The zero-order valence-electron chi connectivity index (χ0n) is 37.5. The molecule has 1 aliphatic carbocycles. The lowest BCUT2D eigenvalue weighted by atomic mass is 9.82. The molecule has 0 saturated carbocycles. The first kappa shape index (κ1) is 39.0. The Bertz CT molecular complexity index is 3870. The average molecular weight is 855 g/mol. The van der Waals surface area contributed by atoms with Crippen LogP contribution in [0.25, 0.3) is 93.5 Å². The summed E-state index contributed by atoms with van der Waals surface area (Å²) >= 11 is 0. The molecule has 0 atom stereocenters. The van der Waals surface area contributed by atoms with Gasteiger partial charge in [0.25, 0.3) is 0 Å². The highest BCUT2D eigenvalue weighted by Crippen LogP contribution is 2.51. The summed E-state index contributed by atoms with van der Waals surface area (Å²) in [6, 6.07) is 89.4. The molecule has 0 N–H and O–H groups in total. The number of anilines is 3. The summed E-state index contributed by atoms with van der Waals surface area (Å²) in [5, 5.41) is 7.57. The van der Waals surface area contributed by atoms with E-state index in [1.54, 1.807) is 0 Å². The van der Waals surface area contributed by atoms with Crippen LogP contribution in [0.4, 0.5) is 17.1 Å². The molecule has 13 rings (SSSR count). The average Bonchev–Trinajstić information content (AvgIpc) is 3.84. The number of benzene rings is 11. The number of rotatable bonds is 7. The first-order chi connectivity index (χ1) is 33.0. The maximum Gasteiger partial charge on any atom is 0.0541 e. The highest BCUT2D eigenvalue weighted by Gasteiger charge is 2.35. The summed E-state index contributed by atoms with van der Waals surface area (Å²) in [4.78, 5) is 2.41. The Morgan fingerprint density at radius 3 is 1.66 bits per heavy atom. The predicted molar refractivity (Wildman–Crippen MR) is 284 cm³/mol. The van der Waals surface area contributed by atoms with Gasteiger partial charge in [0.2, 0.25) is 0 Å². The van der Waals surface area contributed by atoms with E-state index in [0.29, 0.717) is 0 Å². The Morgan fingerprint density at radius 1 is 0.313 bits per heavy atom. The second kappa shape index (κ2) is 15.3. The molecular weight excluding hydrogens is 809 g/mol. The molecule has 0 fully saturated rings. The Hall–Kier alpha value is -8.46. The van der Waals surface area contributed by atoms with Crippen LogP contribution in [-0.4, -0.2) is 4.57 Å². The van der Waals surface area contributed by atoms with E-state index in [-0.39, 0.29) is 5.41 Å². The van der Waals surface area contributed by atoms with Gasteiger partial charge in [-0.2, -0.15) is 0 Å². The van der Waals surface area contributed by atoms with Crippen molar-refractivity contribution in [2.24, 2.45) is 0 Å². The molecule has 316 valence electrons. The minimum absolute atomic E-state index is 0.114. The van der Waals surface area contributed by atoms with Crippen molar-refractivity contribution in [3.8, 4) is 50.2 Å². The summed E-state index contributed by atoms with van der Waals surface area (Å²) < 4.78 is 2.46. The molecule has 67 heavy (non-hydrogen) atoms. The van der Waals surface area contributed by atoms with Gasteiger partial charge in [-0.3, -0.25) is 0 Å². The van der Waals surface area contributed by atoms with Crippen LogP contribution >= 0.6 is 0 Å². The van der Waals surface area contributed by atoms with Gasteiger partial charge in [0.1, 0.15) is 0 Å². The van der Waals surface area contributed by atoms with Crippen molar-refractivity contribution in [1.82, 2.24) is 4.57 Å². The standard InChI is InChI=1S/C65H46N2/c1-65(2)60-25-13-10-23-55(60)56-38-37-50(42-61(56)65)66(48-33-28-44(29-34-48)43-16-4-3-5-17-43)49-35-30-45(31-36-49)52-20-11-14-26-62(52)67-63-27-15-12-24-57(63)59-41-47(32-39-64(59)67)58-40-46-18-6-7-19-51(46)53-21-8-9-22-54(53)58/h3-42H,1-2H3. The fourth-order valence-corrected chi connectivity index (χ4v) is 11.1. The highest BCUT2D eigenvalue weighted by molar-refractivity contribution is 6.16. The lowest BCUT2D eigenvalue weighted by Crippen LogP contribution is -2.16. The maximum absolute atomic E-state index is 2.46. The minimum Gasteiger partial charge on any atom is -0.310 e. The van der Waals surface area contributed by atoms with Gasteiger partial charge in [0.05, 0.1) is 16.7 Å². The third-order valence-corrected chi connectivity index (χ3v) is 14.4. The topological polar surface area (TPSA) is 8.17 Å². The molecular formula is C65H46N2. The summed E-state index contributed by atoms with van der Waals surface area (Å²) in [5.41, 5.74) is 19.4. The Labute approximate surface area is 391 Å². The molecule has 0 radical (unpaired) electrons. The van der Waals surface area contributed by atoms with Crippen molar-refractivity contribution >= 4 is 60.4 Å². The number of nitrogens with zero attached hydrogens (tertiary/aromatic N) is 2. The molecule has 0 unspecified atom stereocenters. The van der Waals surface area contributed by atoms with Crippen LogP contribution in [0.15, 0.2) is 243 Å². The zero-order chi connectivity index (χ0) is 44.6. The van der Waals surface area contributed by atoms with Crippen LogP contribution in [0.2, 0.25) is 0 Å². The van der Waals surface area contributed by atoms with Gasteiger partial charge in [0.15, 0.2) is 0 Å². The number of hydrogen-bond acceptors (Lipinski definition) is 1. The van der Waals surface area contributed by atoms with Gasteiger partial charge in [-0.25, -0.2) is 0 Å². The fourth-order valence-electron chi connectivity index (χ4n) is 11.1. The van der Waals surface area contributed by atoms with Crippen molar-refractivity contribution in [1.29, 1.82) is 0 Å². The van der Waals surface area contributed by atoms with E-state index >= 15 is 0 Å². The van der Waals surface area contributed by atoms with Crippen molar-refractivity contribution in [2.45, 2.75) is 19.3 Å². The molecule has 0 bridgehead atoms. The lowest BCUT2D eigenvalue weighted by molar-refractivity contribution is 0.660. The van der Waals surface area contributed by atoms with Crippen LogP contribution in [0.5, 0.6) is 0 Å². The second-order valence-electron chi connectivity index (χ2n) is 18.5. The van der Waals surface area contributed by atoms with E-state index in [4.69, 9.17) is 0 Å². The van der Waals surface area contributed by atoms with E-state index < -0.39 is 0 Å². The number of hydrogen-bond donors (Lipinski definition) is 0.